The van der Waals surface area contributed by atoms with E-state index in [0.29, 0.717) is 19.1 Å². The molecule has 0 saturated carbocycles. The molecule has 0 spiro atoms. The number of hydrogen-bond donors (Lipinski definition) is 2. The van der Waals surface area contributed by atoms with Crippen molar-refractivity contribution in [3.63, 3.8) is 0 Å². The molecule has 0 radical (unpaired) electrons. The van der Waals surface area contributed by atoms with Crippen LogP contribution in [0.3, 0.4) is 0 Å². The van der Waals surface area contributed by atoms with Crippen molar-refractivity contribution in [1.29, 1.82) is 0 Å². The zero-order chi connectivity index (χ0) is 15.0. The summed E-state index contributed by atoms with van der Waals surface area (Å²) in [6, 6.07) is -0.0132. The van der Waals surface area contributed by atoms with Crippen LogP contribution in [0, 0.1) is 11.3 Å². The molecule has 2 N–H and O–H groups in total. The normalized spacial score (nSPS) is 18.4. The molecule has 2 amide bonds. The Labute approximate surface area is 122 Å². The lowest BCUT2D eigenvalue weighted by molar-refractivity contribution is 0.0512. The number of urea groups is 1. The number of carbonyl (C=O) groups is 1. The molecule has 0 bridgehead atoms. The summed E-state index contributed by atoms with van der Waals surface area (Å²) in [6.07, 6.45) is 2.75. The highest BCUT2D eigenvalue weighted by Crippen LogP contribution is 2.34. The molecule has 20 heavy (non-hydrogen) atoms. The minimum atomic E-state index is -0.0132. The van der Waals surface area contributed by atoms with Crippen molar-refractivity contribution in [1.82, 2.24) is 10.2 Å². The number of carbonyl (C=O) groups excluding carboxylic acids is 1. The third kappa shape index (κ3) is 5.29. The molecule has 1 aliphatic rings. The number of hydrogen-bond acceptors (Lipinski definition) is 3. The van der Waals surface area contributed by atoms with Gasteiger partial charge in [0.1, 0.15) is 0 Å². The number of ether oxygens (including phenoxy) is 1. The van der Waals surface area contributed by atoms with Crippen LogP contribution in [0.5, 0.6) is 0 Å². The van der Waals surface area contributed by atoms with E-state index in [1.807, 2.05) is 4.90 Å². The first-order valence-electron chi connectivity index (χ1n) is 7.74. The Morgan fingerprint density at radius 3 is 2.55 bits per heavy atom. The number of aliphatic hydroxyl groups is 1. The second-order valence-corrected chi connectivity index (χ2v) is 6.20. The monoisotopic (exact) mass is 286 g/mol. The molecule has 5 nitrogen and oxygen atoms in total. The van der Waals surface area contributed by atoms with Crippen LogP contribution in [0.15, 0.2) is 0 Å². The molecule has 5 heteroatoms. The van der Waals surface area contributed by atoms with Gasteiger partial charge in [-0.05, 0) is 30.6 Å². The maximum absolute atomic E-state index is 12.0. The molecule has 0 atom stereocenters. The Hall–Kier alpha value is -0.810. The third-order valence-electron chi connectivity index (χ3n) is 4.17. The van der Waals surface area contributed by atoms with Crippen molar-refractivity contribution in [3.8, 4) is 0 Å². The maximum Gasteiger partial charge on any atom is 0.317 e. The molecule has 1 rings (SSSR count). The summed E-state index contributed by atoms with van der Waals surface area (Å²) in [5.74, 6) is 0.522. The van der Waals surface area contributed by atoms with Gasteiger partial charge in [0.15, 0.2) is 0 Å². The van der Waals surface area contributed by atoms with Gasteiger partial charge < -0.3 is 20.1 Å². The predicted molar refractivity (Wildman–Crippen MR) is 79.7 cm³/mol. The Morgan fingerprint density at radius 2 is 2.05 bits per heavy atom. The summed E-state index contributed by atoms with van der Waals surface area (Å²) in [4.78, 5) is 13.8. The van der Waals surface area contributed by atoms with E-state index in [-0.39, 0.29) is 18.1 Å². The number of piperidine rings is 1. The summed E-state index contributed by atoms with van der Waals surface area (Å²) in [5.41, 5.74) is 0.0250. The van der Waals surface area contributed by atoms with E-state index in [1.165, 1.54) is 0 Å². The molecule has 1 fully saturated rings. The van der Waals surface area contributed by atoms with Gasteiger partial charge in [0.2, 0.25) is 0 Å². The van der Waals surface area contributed by atoms with Gasteiger partial charge in [-0.15, -0.1) is 0 Å². The van der Waals surface area contributed by atoms with Gasteiger partial charge in [0.05, 0.1) is 6.61 Å². The first kappa shape index (κ1) is 17.2. The van der Waals surface area contributed by atoms with Gasteiger partial charge >= 0.3 is 6.03 Å². The minimum Gasteiger partial charge on any atom is -0.396 e. The smallest absolute Gasteiger partial charge is 0.317 e. The minimum absolute atomic E-state index is 0.0132. The summed E-state index contributed by atoms with van der Waals surface area (Å²) in [7, 11) is 0. The molecule has 1 aliphatic heterocycles. The van der Waals surface area contributed by atoms with Crippen LogP contribution >= 0.6 is 0 Å². The van der Waals surface area contributed by atoms with Gasteiger partial charge in [0.25, 0.3) is 0 Å². The fraction of sp³-hybridized carbons (Fsp3) is 0.933. The number of amides is 2. The highest BCUT2D eigenvalue weighted by molar-refractivity contribution is 5.74. The Balaban J connectivity index is 2.19. The second-order valence-electron chi connectivity index (χ2n) is 6.20. The molecule has 0 aliphatic carbocycles. The molecule has 118 valence electrons. The molecule has 0 unspecified atom stereocenters. The molecule has 0 aromatic heterocycles. The number of nitrogens with one attached hydrogen (secondary N) is 1. The molecule has 0 aromatic rings. The second kappa shape index (κ2) is 8.47. The van der Waals surface area contributed by atoms with Crippen LogP contribution in [0.2, 0.25) is 0 Å². The van der Waals surface area contributed by atoms with Crippen LogP contribution < -0.4 is 5.32 Å². The fourth-order valence-electron chi connectivity index (χ4n) is 2.47. The quantitative estimate of drug-likeness (QED) is 0.702. The van der Waals surface area contributed by atoms with Crippen molar-refractivity contribution in [3.05, 3.63) is 0 Å². The highest BCUT2D eigenvalue weighted by atomic mass is 16.5. The van der Waals surface area contributed by atoms with Gasteiger partial charge in [-0.3, -0.25) is 0 Å². The largest absolute Gasteiger partial charge is 0.396 e. The zero-order valence-corrected chi connectivity index (χ0v) is 13.2. The van der Waals surface area contributed by atoms with Crippen molar-refractivity contribution in [2.24, 2.45) is 11.3 Å². The highest BCUT2D eigenvalue weighted by Gasteiger charge is 2.33. The van der Waals surface area contributed by atoms with E-state index in [2.05, 4.69) is 26.1 Å². The van der Waals surface area contributed by atoms with Gasteiger partial charge in [-0.1, -0.05) is 20.8 Å². The summed E-state index contributed by atoms with van der Waals surface area (Å²) in [6.45, 7) is 9.85. The Kier molecular flexibility index (Phi) is 7.30. The average molecular weight is 286 g/mol. The van der Waals surface area contributed by atoms with Crippen molar-refractivity contribution in [2.75, 3.05) is 39.5 Å². The van der Waals surface area contributed by atoms with E-state index >= 15 is 0 Å². The Bertz CT molecular complexity index is 281. The van der Waals surface area contributed by atoms with Crippen molar-refractivity contribution >= 4 is 6.03 Å². The zero-order valence-electron chi connectivity index (χ0n) is 13.2. The summed E-state index contributed by atoms with van der Waals surface area (Å²) in [5, 5.41) is 12.4. The van der Waals surface area contributed by atoms with E-state index in [9.17, 15) is 9.90 Å². The van der Waals surface area contributed by atoms with Crippen LogP contribution in [-0.2, 0) is 4.74 Å². The Morgan fingerprint density at radius 1 is 1.40 bits per heavy atom. The van der Waals surface area contributed by atoms with E-state index < -0.39 is 0 Å². The SMILES string of the molecule is CCC1(CO)CCN(C(=O)NCCOCC(C)C)CC1. The summed E-state index contributed by atoms with van der Waals surface area (Å²) < 4.78 is 5.43. The van der Waals surface area contributed by atoms with Gasteiger partial charge in [-0.25, -0.2) is 4.79 Å². The summed E-state index contributed by atoms with van der Waals surface area (Å²) >= 11 is 0. The number of nitrogens with zero attached hydrogens (tertiary/aromatic N) is 1. The standard InChI is InChI=1S/C15H30N2O3/c1-4-15(12-18)5-8-17(9-6-15)14(19)16-7-10-20-11-13(2)3/h13,18H,4-12H2,1-3H3,(H,16,19). The third-order valence-corrected chi connectivity index (χ3v) is 4.17. The van der Waals surface area contributed by atoms with E-state index in [4.69, 9.17) is 4.74 Å². The molecular weight excluding hydrogens is 256 g/mol. The van der Waals surface area contributed by atoms with Crippen LogP contribution in [0.4, 0.5) is 4.79 Å². The molecule has 1 saturated heterocycles. The average Bonchev–Trinajstić information content (AvgIpc) is 2.46. The van der Waals surface area contributed by atoms with E-state index in [1.54, 1.807) is 0 Å². The predicted octanol–water partition coefficient (Wildman–Crippen LogP) is 1.85. The van der Waals surface area contributed by atoms with Gasteiger partial charge in [-0.2, -0.15) is 0 Å². The lowest BCUT2D eigenvalue weighted by Gasteiger charge is -2.40. The number of rotatable bonds is 7. The number of likely N-dealkylation sites (tertiary alicyclic amines) is 1. The molecule has 1 heterocycles. The van der Waals surface area contributed by atoms with Gasteiger partial charge in [0, 0.05) is 32.8 Å². The van der Waals surface area contributed by atoms with E-state index in [0.717, 1.165) is 39.0 Å². The van der Waals surface area contributed by atoms with Crippen molar-refractivity contribution < 1.29 is 14.6 Å². The first-order valence-corrected chi connectivity index (χ1v) is 7.74. The van der Waals surface area contributed by atoms with Crippen LogP contribution in [0.1, 0.15) is 40.0 Å². The lowest BCUT2D eigenvalue weighted by atomic mass is 9.77. The molecular formula is C15H30N2O3. The topological polar surface area (TPSA) is 61.8 Å². The van der Waals surface area contributed by atoms with Crippen molar-refractivity contribution in [2.45, 2.75) is 40.0 Å². The lowest BCUT2D eigenvalue weighted by Crippen LogP contribution is -2.48. The van der Waals surface area contributed by atoms with Crippen LogP contribution in [-0.4, -0.2) is 55.5 Å². The fourth-order valence-corrected chi connectivity index (χ4v) is 2.47. The number of aliphatic hydroxyl groups excluding tert-OH is 1. The maximum atomic E-state index is 12.0. The van der Waals surface area contributed by atoms with Crippen LogP contribution in [0.25, 0.3) is 0 Å². The molecule has 0 aromatic carbocycles. The first-order chi connectivity index (χ1) is 9.53.